The molecule has 0 saturated heterocycles. The summed E-state index contributed by atoms with van der Waals surface area (Å²) < 4.78 is 13.5. The molecule has 2 aromatic rings. The van der Waals surface area contributed by atoms with E-state index in [-0.39, 0.29) is 16.9 Å². The van der Waals surface area contributed by atoms with Crippen LogP contribution in [-0.4, -0.2) is 7.05 Å². The van der Waals surface area contributed by atoms with Crippen LogP contribution in [0.15, 0.2) is 36.4 Å². The van der Waals surface area contributed by atoms with Crippen LogP contribution in [0.25, 0.3) is 0 Å². The molecule has 0 aliphatic heterocycles. The van der Waals surface area contributed by atoms with Crippen LogP contribution in [0.5, 0.6) is 0 Å². The zero-order chi connectivity index (χ0) is 14.7. The zero-order valence-electron chi connectivity index (χ0n) is 11.4. The maximum Gasteiger partial charge on any atom is 0.142 e. The molecule has 1 N–H and O–H groups in total. The van der Waals surface area contributed by atoms with Gasteiger partial charge in [0.25, 0.3) is 0 Å². The van der Waals surface area contributed by atoms with Crippen molar-refractivity contribution in [1.29, 1.82) is 0 Å². The van der Waals surface area contributed by atoms with Crippen LogP contribution in [0.4, 0.5) is 4.39 Å². The molecule has 20 heavy (non-hydrogen) atoms. The Balaban J connectivity index is 2.31. The van der Waals surface area contributed by atoms with Crippen LogP contribution in [-0.2, 0) is 6.42 Å². The molecule has 0 fully saturated rings. The van der Waals surface area contributed by atoms with Gasteiger partial charge in [0, 0.05) is 11.1 Å². The SMILES string of the molecule is CNC(Cc1cccc(F)c1Cl)c1ccc(Cl)cc1C. The molecule has 0 heterocycles. The molecular weight excluding hydrogens is 296 g/mol. The topological polar surface area (TPSA) is 12.0 Å². The second-order valence-corrected chi connectivity index (χ2v) is 5.57. The van der Waals surface area contributed by atoms with Crippen LogP contribution in [0.1, 0.15) is 22.7 Å². The maximum atomic E-state index is 13.5. The average Bonchev–Trinajstić information content (AvgIpc) is 2.41. The van der Waals surface area contributed by atoms with E-state index in [9.17, 15) is 4.39 Å². The van der Waals surface area contributed by atoms with Crippen molar-refractivity contribution in [3.63, 3.8) is 0 Å². The van der Waals surface area contributed by atoms with E-state index in [1.807, 2.05) is 38.2 Å². The number of benzene rings is 2. The molecule has 0 aliphatic rings. The second-order valence-electron chi connectivity index (χ2n) is 4.76. The Morgan fingerprint density at radius 1 is 1.20 bits per heavy atom. The molecule has 0 aromatic heterocycles. The van der Waals surface area contributed by atoms with E-state index in [1.165, 1.54) is 6.07 Å². The Morgan fingerprint density at radius 2 is 1.95 bits per heavy atom. The zero-order valence-corrected chi connectivity index (χ0v) is 12.9. The van der Waals surface area contributed by atoms with Crippen molar-refractivity contribution in [2.75, 3.05) is 7.05 Å². The van der Waals surface area contributed by atoms with E-state index in [2.05, 4.69) is 5.32 Å². The highest BCUT2D eigenvalue weighted by atomic mass is 35.5. The van der Waals surface area contributed by atoms with Gasteiger partial charge < -0.3 is 5.32 Å². The minimum atomic E-state index is -0.383. The number of rotatable bonds is 4. The van der Waals surface area contributed by atoms with Gasteiger partial charge in [0.15, 0.2) is 0 Å². The monoisotopic (exact) mass is 311 g/mol. The van der Waals surface area contributed by atoms with Gasteiger partial charge in [0.05, 0.1) is 5.02 Å². The van der Waals surface area contributed by atoms with E-state index in [1.54, 1.807) is 6.07 Å². The predicted octanol–water partition coefficient (Wildman–Crippen LogP) is 4.94. The minimum Gasteiger partial charge on any atom is -0.313 e. The van der Waals surface area contributed by atoms with Gasteiger partial charge in [-0.1, -0.05) is 41.4 Å². The Morgan fingerprint density at radius 3 is 2.60 bits per heavy atom. The number of hydrogen-bond acceptors (Lipinski definition) is 1. The number of nitrogens with one attached hydrogen (secondary N) is 1. The van der Waals surface area contributed by atoms with Gasteiger partial charge in [0.2, 0.25) is 0 Å². The largest absolute Gasteiger partial charge is 0.313 e. The van der Waals surface area contributed by atoms with E-state index in [4.69, 9.17) is 23.2 Å². The first-order valence-electron chi connectivity index (χ1n) is 6.39. The minimum absolute atomic E-state index is 0.0616. The first-order valence-corrected chi connectivity index (χ1v) is 7.14. The molecule has 2 rings (SSSR count). The van der Waals surface area contributed by atoms with Crippen LogP contribution >= 0.6 is 23.2 Å². The Hall–Kier alpha value is -1.09. The van der Waals surface area contributed by atoms with Crippen molar-refractivity contribution < 1.29 is 4.39 Å². The lowest BCUT2D eigenvalue weighted by Crippen LogP contribution is -2.20. The molecule has 1 unspecified atom stereocenters. The first-order chi connectivity index (χ1) is 9.52. The van der Waals surface area contributed by atoms with Gasteiger partial charge in [-0.05, 0) is 55.3 Å². The first kappa shape index (κ1) is 15.3. The fourth-order valence-electron chi connectivity index (χ4n) is 2.32. The van der Waals surface area contributed by atoms with Crippen LogP contribution in [0.3, 0.4) is 0 Å². The summed E-state index contributed by atoms with van der Waals surface area (Å²) in [4.78, 5) is 0. The average molecular weight is 312 g/mol. The Kier molecular flexibility index (Phi) is 5.03. The lowest BCUT2D eigenvalue weighted by molar-refractivity contribution is 0.582. The van der Waals surface area contributed by atoms with E-state index in [0.717, 1.165) is 16.7 Å². The molecule has 0 radical (unpaired) electrons. The molecule has 106 valence electrons. The normalized spacial score (nSPS) is 12.4. The molecule has 1 nitrogen and oxygen atoms in total. The molecular formula is C16H16Cl2FN. The summed E-state index contributed by atoms with van der Waals surface area (Å²) in [5.41, 5.74) is 3.03. The standard InChI is InChI=1S/C16H16Cl2FN/c1-10-8-12(17)6-7-13(10)15(20-2)9-11-4-3-5-14(19)16(11)18/h3-8,15,20H,9H2,1-2H3. The molecule has 0 aliphatic carbocycles. The fourth-order valence-corrected chi connectivity index (χ4v) is 2.75. The lowest BCUT2D eigenvalue weighted by atomic mass is 9.95. The van der Waals surface area contributed by atoms with Crippen molar-refractivity contribution in [1.82, 2.24) is 5.32 Å². The lowest BCUT2D eigenvalue weighted by Gasteiger charge is -2.20. The number of hydrogen-bond donors (Lipinski definition) is 1. The molecule has 0 bridgehead atoms. The summed E-state index contributed by atoms with van der Waals surface area (Å²) in [5, 5.41) is 4.16. The van der Waals surface area contributed by atoms with E-state index >= 15 is 0 Å². The number of halogens is 3. The maximum absolute atomic E-state index is 13.5. The van der Waals surface area contributed by atoms with Crippen molar-refractivity contribution in [3.8, 4) is 0 Å². The third-order valence-electron chi connectivity index (χ3n) is 3.41. The van der Waals surface area contributed by atoms with Crippen molar-refractivity contribution >= 4 is 23.2 Å². The third-order valence-corrected chi connectivity index (χ3v) is 4.07. The molecule has 0 spiro atoms. The fraction of sp³-hybridized carbons (Fsp3) is 0.250. The van der Waals surface area contributed by atoms with Crippen LogP contribution in [0, 0.1) is 12.7 Å². The quantitative estimate of drug-likeness (QED) is 0.843. The molecule has 1 atom stereocenters. The Bertz CT molecular complexity index is 613. The summed E-state index contributed by atoms with van der Waals surface area (Å²) >= 11 is 12.0. The summed E-state index contributed by atoms with van der Waals surface area (Å²) in [5.74, 6) is -0.383. The molecule has 2 aromatic carbocycles. The predicted molar refractivity (Wildman–Crippen MR) is 83.1 cm³/mol. The highest BCUT2D eigenvalue weighted by Crippen LogP contribution is 2.28. The molecule has 0 amide bonds. The highest BCUT2D eigenvalue weighted by Gasteiger charge is 2.15. The highest BCUT2D eigenvalue weighted by molar-refractivity contribution is 6.31. The molecule has 4 heteroatoms. The van der Waals surface area contributed by atoms with Gasteiger partial charge >= 0.3 is 0 Å². The number of likely N-dealkylation sites (N-methyl/N-ethyl adjacent to an activating group) is 1. The van der Waals surface area contributed by atoms with E-state index < -0.39 is 0 Å². The van der Waals surface area contributed by atoms with E-state index in [0.29, 0.717) is 11.4 Å². The molecule has 0 saturated carbocycles. The number of aryl methyl sites for hydroxylation is 1. The second kappa shape index (κ2) is 6.57. The summed E-state index contributed by atoms with van der Waals surface area (Å²) in [6, 6.07) is 10.7. The van der Waals surface area contributed by atoms with Crippen LogP contribution in [0.2, 0.25) is 10.0 Å². The van der Waals surface area contributed by atoms with Crippen molar-refractivity contribution in [2.45, 2.75) is 19.4 Å². The van der Waals surface area contributed by atoms with Crippen LogP contribution < -0.4 is 5.32 Å². The van der Waals surface area contributed by atoms with Gasteiger partial charge in [-0.25, -0.2) is 4.39 Å². The van der Waals surface area contributed by atoms with Crippen molar-refractivity contribution in [3.05, 3.63) is 69.0 Å². The summed E-state index contributed by atoms with van der Waals surface area (Å²) in [6.45, 7) is 2.01. The smallest absolute Gasteiger partial charge is 0.142 e. The summed E-state index contributed by atoms with van der Waals surface area (Å²) in [7, 11) is 1.88. The Labute approximate surface area is 128 Å². The van der Waals surface area contributed by atoms with Gasteiger partial charge in [-0.2, -0.15) is 0 Å². The van der Waals surface area contributed by atoms with Gasteiger partial charge in [-0.3, -0.25) is 0 Å². The van der Waals surface area contributed by atoms with Crippen molar-refractivity contribution in [2.24, 2.45) is 0 Å². The van der Waals surface area contributed by atoms with Gasteiger partial charge in [0.1, 0.15) is 5.82 Å². The summed E-state index contributed by atoms with van der Waals surface area (Å²) in [6.07, 6.45) is 0.621. The third kappa shape index (κ3) is 3.32. The van der Waals surface area contributed by atoms with Gasteiger partial charge in [-0.15, -0.1) is 0 Å².